The van der Waals surface area contributed by atoms with Gasteiger partial charge in [0.25, 0.3) is 0 Å². The lowest BCUT2D eigenvalue weighted by Gasteiger charge is -2.24. The molecule has 0 aliphatic heterocycles. The standard InChI is InChI=1S/C31H43N3O7/c1-8-18(2)28(31(37)32-14-9-15-38-4)34-24-13-11-21-22(17-25(24)36)23(33-19(3)35)12-10-20-16-26(39-5)29(40-6)30(41-7)27(20)21/h11,13,16-18,23,28H,8-10,12,14-15H2,1-7H3,(H,32,37)(H,33,35)(H,34,36)/t18-,23+,28+/m0/s1. The summed E-state index contributed by atoms with van der Waals surface area (Å²) in [5.74, 6) is 1.03. The van der Waals surface area contributed by atoms with Crippen molar-refractivity contribution in [1.29, 1.82) is 0 Å². The number of hydrogen-bond acceptors (Lipinski definition) is 8. The molecule has 0 unspecified atom stereocenters. The van der Waals surface area contributed by atoms with Crippen molar-refractivity contribution < 1.29 is 28.5 Å². The first-order valence-electron chi connectivity index (χ1n) is 14.0. The number of fused-ring (bicyclic) bond motifs is 3. The Kier molecular flexibility index (Phi) is 11.4. The summed E-state index contributed by atoms with van der Waals surface area (Å²) >= 11 is 0. The first-order chi connectivity index (χ1) is 19.7. The molecule has 3 atom stereocenters. The molecule has 0 spiro atoms. The molecule has 10 heteroatoms. The topological polar surface area (TPSA) is 124 Å². The Bertz CT molecular complexity index is 1300. The molecule has 2 aromatic rings. The van der Waals surface area contributed by atoms with Crippen molar-refractivity contribution >= 4 is 17.5 Å². The molecule has 0 saturated carbocycles. The third-order valence-electron chi connectivity index (χ3n) is 7.55. The number of aryl methyl sites for hydroxylation is 1. The summed E-state index contributed by atoms with van der Waals surface area (Å²) in [7, 11) is 6.29. The second-order valence-corrected chi connectivity index (χ2v) is 10.2. The number of anilines is 1. The fourth-order valence-electron chi connectivity index (χ4n) is 5.23. The molecular weight excluding hydrogens is 526 g/mol. The highest BCUT2D eigenvalue weighted by atomic mass is 16.5. The number of ether oxygens (including phenoxy) is 4. The van der Waals surface area contributed by atoms with Gasteiger partial charge in [-0.1, -0.05) is 26.3 Å². The Balaban J connectivity index is 2.18. The largest absolute Gasteiger partial charge is 0.493 e. The van der Waals surface area contributed by atoms with Gasteiger partial charge in [-0.05, 0) is 60.1 Å². The number of amides is 2. The van der Waals surface area contributed by atoms with Gasteiger partial charge in [-0.25, -0.2) is 0 Å². The predicted molar refractivity (Wildman–Crippen MR) is 159 cm³/mol. The molecular formula is C31H43N3O7. The molecule has 224 valence electrons. The van der Waals surface area contributed by atoms with Crippen LogP contribution in [-0.2, 0) is 20.7 Å². The average Bonchev–Trinajstić information content (AvgIpc) is 3.20. The van der Waals surface area contributed by atoms with Crippen molar-refractivity contribution in [2.24, 2.45) is 5.92 Å². The molecule has 10 nitrogen and oxygen atoms in total. The Hall–Kier alpha value is -3.79. The molecule has 1 aliphatic carbocycles. The van der Waals surface area contributed by atoms with Gasteiger partial charge < -0.3 is 34.9 Å². The molecule has 0 saturated heterocycles. The van der Waals surface area contributed by atoms with Crippen LogP contribution in [0.5, 0.6) is 17.2 Å². The van der Waals surface area contributed by atoms with Crippen LogP contribution in [0.25, 0.3) is 11.1 Å². The maximum atomic E-state index is 13.7. The molecule has 0 radical (unpaired) electrons. The van der Waals surface area contributed by atoms with Crippen molar-refractivity contribution in [3.63, 3.8) is 0 Å². The van der Waals surface area contributed by atoms with E-state index in [1.54, 1.807) is 40.6 Å². The fraction of sp³-hybridized carbons (Fsp3) is 0.516. The molecule has 0 bridgehead atoms. The first-order valence-corrected chi connectivity index (χ1v) is 14.0. The summed E-state index contributed by atoms with van der Waals surface area (Å²) in [4.78, 5) is 39.0. The molecule has 0 aromatic heterocycles. The third-order valence-corrected chi connectivity index (χ3v) is 7.55. The summed E-state index contributed by atoms with van der Waals surface area (Å²) in [5, 5.41) is 9.19. The molecule has 3 N–H and O–H groups in total. The number of methoxy groups -OCH3 is 4. The van der Waals surface area contributed by atoms with E-state index in [0.717, 1.165) is 23.1 Å². The maximum Gasteiger partial charge on any atom is 0.242 e. The number of carbonyl (C=O) groups excluding carboxylic acids is 2. The number of rotatable bonds is 13. The summed E-state index contributed by atoms with van der Waals surface area (Å²) < 4.78 is 22.2. The molecule has 3 rings (SSSR count). The lowest BCUT2D eigenvalue weighted by atomic mass is 9.95. The molecule has 1 aliphatic rings. The van der Waals surface area contributed by atoms with Crippen molar-refractivity contribution in [2.75, 3.05) is 46.9 Å². The number of carbonyl (C=O) groups is 2. The van der Waals surface area contributed by atoms with Crippen LogP contribution in [0.4, 0.5) is 5.69 Å². The van der Waals surface area contributed by atoms with E-state index in [-0.39, 0.29) is 28.8 Å². The van der Waals surface area contributed by atoms with Gasteiger partial charge in [-0.15, -0.1) is 0 Å². The normalized spacial score (nSPS) is 15.3. The highest BCUT2D eigenvalue weighted by Gasteiger charge is 2.30. The van der Waals surface area contributed by atoms with Gasteiger partial charge in [0.2, 0.25) is 23.0 Å². The zero-order chi connectivity index (χ0) is 30.1. The highest BCUT2D eigenvalue weighted by molar-refractivity contribution is 5.86. The van der Waals surface area contributed by atoms with E-state index in [0.29, 0.717) is 55.2 Å². The second-order valence-electron chi connectivity index (χ2n) is 10.2. The first kappa shape index (κ1) is 31.7. The van der Waals surface area contributed by atoms with E-state index in [4.69, 9.17) is 18.9 Å². The number of hydrogen-bond donors (Lipinski definition) is 3. The number of nitrogens with one attached hydrogen (secondary N) is 3. The van der Waals surface area contributed by atoms with Gasteiger partial charge in [-0.3, -0.25) is 14.4 Å². The zero-order valence-electron chi connectivity index (χ0n) is 25.1. The lowest BCUT2D eigenvalue weighted by molar-refractivity contribution is -0.123. The van der Waals surface area contributed by atoms with Crippen LogP contribution in [0.15, 0.2) is 29.1 Å². The zero-order valence-corrected chi connectivity index (χ0v) is 25.1. The van der Waals surface area contributed by atoms with Gasteiger partial charge in [0.05, 0.1) is 33.1 Å². The summed E-state index contributed by atoms with van der Waals surface area (Å²) in [6.07, 6.45) is 2.59. The Labute approximate surface area is 242 Å². The SMILES string of the molecule is CC[C@H](C)[C@@H](Nc1ccc2c(cc1=O)[C@H](NC(C)=O)CCc1cc(OC)c(OC)c(OC)c1-2)C(=O)NCCCOC. The highest BCUT2D eigenvalue weighted by Crippen LogP contribution is 2.50. The van der Waals surface area contributed by atoms with Crippen LogP contribution < -0.4 is 35.6 Å². The number of benzene rings is 1. The summed E-state index contributed by atoms with van der Waals surface area (Å²) in [6, 6.07) is 5.97. The van der Waals surface area contributed by atoms with Gasteiger partial charge in [0.1, 0.15) is 6.04 Å². The second kappa shape index (κ2) is 14.7. The van der Waals surface area contributed by atoms with Crippen molar-refractivity contribution in [2.45, 2.75) is 58.5 Å². The van der Waals surface area contributed by atoms with E-state index < -0.39 is 12.1 Å². The summed E-state index contributed by atoms with van der Waals surface area (Å²) in [5.41, 5.74) is 3.09. The Morgan fingerprint density at radius 2 is 1.78 bits per heavy atom. The van der Waals surface area contributed by atoms with Crippen molar-refractivity contribution in [3.8, 4) is 28.4 Å². The average molecular weight is 570 g/mol. The Morgan fingerprint density at radius 1 is 1.05 bits per heavy atom. The van der Waals surface area contributed by atoms with Gasteiger partial charge in [0.15, 0.2) is 11.5 Å². The molecule has 2 amide bonds. The molecule has 0 fully saturated rings. The van der Waals surface area contributed by atoms with Gasteiger partial charge in [0, 0.05) is 32.7 Å². The minimum Gasteiger partial charge on any atom is -0.493 e. The van der Waals surface area contributed by atoms with Gasteiger partial charge in [-0.2, -0.15) is 0 Å². The van der Waals surface area contributed by atoms with Crippen molar-refractivity contribution in [1.82, 2.24) is 10.6 Å². The maximum absolute atomic E-state index is 13.7. The van der Waals surface area contributed by atoms with Crippen LogP contribution in [0.1, 0.15) is 57.2 Å². The van der Waals surface area contributed by atoms with Crippen LogP contribution in [0.3, 0.4) is 0 Å². The summed E-state index contributed by atoms with van der Waals surface area (Å²) in [6.45, 7) is 6.46. The van der Waals surface area contributed by atoms with Gasteiger partial charge >= 0.3 is 0 Å². The Morgan fingerprint density at radius 3 is 2.39 bits per heavy atom. The quantitative estimate of drug-likeness (QED) is 0.311. The van der Waals surface area contributed by atoms with E-state index >= 15 is 0 Å². The van der Waals surface area contributed by atoms with E-state index in [1.807, 2.05) is 26.0 Å². The fourth-order valence-corrected chi connectivity index (χ4v) is 5.23. The monoisotopic (exact) mass is 569 g/mol. The van der Waals surface area contributed by atoms with E-state index in [9.17, 15) is 14.4 Å². The minimum absolute atomic E-state index is 0.0372. The van der Waals surface area contributed by atoms with Crippen LogP contribution >= 0.6 is 0 Å². The van der Waals surface area contributed by atoms with Crippen LogP contribution in [-0.4, -0.2) is 59.4 Å². The molecule has 0 heterocycles. The molecule has 2 aromatic carbocycles. The van der Waals surface area contributed by atoms with E-state index in [1.165, 1.54) is 6.92 Å². The molecule has 41 heavy (non-hydrogen) atoms. The minimum atomic E-state index is -0.616. The van der Waals surface area contributed by atoms with Crippen molar-refractivity contribution in [3.05, 3.63) is 45.6 Å². The smallest absolute Gasteiger partial charge is 0.242 e. The van der Waals surface area contributed by atoms with Crippen LogP contribution in [0.2, 0.25) is 0 Å². The lowest BCUT2D eigenvalue weighted by Crippen LogP contribution is -2.44. The third kappa shape index (κ3) is 7.30. The van der Waals surface area contributed by atoms with E-state index in [2.05, 4.69) is 16.0 Å². The predicted octanol–water partition coefficient (Wildman–Crippen LogP) is 3.84. The van der Waals surface area contributed by atoms with Crippen LogP contribution in [0, 0.1) is 5.92 Å².